The number of nitrogens with one attached hydrogen (secondary N) is 1. The smallest absolute Gasteiger partial charge is 0.317 e. The molecule has 3 rings (SSSR count). The fourth-order valence-electron chi connectivity index (χ4n) is 3.64. The molecule has 0 aromatic carbocycles. The lowest BCUT2D eigenvalue weighted by Gasteiger charge is -2.33. The third kappa shape index (κ3) is 4.06. The lowest BCUT2D eigenvalue weighted by Crippen LogP contribution is -2.48. The minimum atomic E-state index is -0.0288. The summed E-state index contributed by atoms with van der Waals surface area (Å²) in [5.74, 6) is 1.13. The van der Waals surface area contributed by atoms with Crippen molar-refractivity contribution in [1.82, 2.24) is 15.1 Å². The van der Waals surface area contributed by atoms with E-state index < -0.39 is 0 Å². The van der Waals surface area contributed by atoms with E-state index in [0.29, 0.717) is 13.1 Å². The summed E-state index contributed by atoms with van der Waals surface area (Å²) in [6.45, 7) is 4.25. The van der Waals surface area contributed by atoms with Crippen LogP contribution in [0.5, 0.6) is 0 Å². The van der Waals surface area contributed by atoms with Crippen molar-refractivity contribution in [2.75, 3.05) is 39.3 Å². The molecule has 23 heavy (non-hydrogen) atoms. The van der Waals surface area contributed by atoms with Crippen LogP contribution in [0, 0.1) is 5.92 Å². The Morgan fingerprint density at radius 1 is 1.35 bits per heavy atom. The largest absolute Gasteiger partial charge is 0.468 e. The van der Waals surface area contributed by atoms with Gasteiger partial charge in [0.05, 0.1) is 12.3 Å². The number of amides is 2. The molecule has 2 atom stereocenters. The average Bonchev–Trinajstić information content (AvgIpc) is 3.29. The number of carbonyl (C=O) groups is 1. The predicted octanol–water partition coefficient (Wildman–Crippen LogP) is 1.83. The molecule has 2 saturated heterocycles. The van der Waals surface area contributed by atoms with Gasteiger partial charge < -0.3 is 19.7 Å². The Morgan fingerprint density at radius 2 is 2.17 bits per heavy atom. The second-order valence-corrected chi connectivity index (χ2v) is 6.60. The zero-order valence-corrected chi connectivity index (χ0v) is 13.6. The van der Waals surface area contributed by atoms with Gasteiger partial charge in [0.1, 0.15) is 5.76 Å². The second kappa shape index (κ2) is 7.84. The summed E-state index contributed by atoms with van der Waals surface area (Å²) in [4.78, 5) is 16.6. The van der Waals surface area contributed by atoms with E-state index in [0.717, 1.165) is 38.2 Å². The zero-order chi connectivity index (χ0) is 16.1. The molecular weight excluding hydrogens is 294 g/mol. The van der Waals surface area contributed by atoms with E-state index in [-0.39, 0.29) is 24.6 Å². The number of piperidine rings is 1. The maximum absolute atomic E-state index is 12.4. The van der Waals surface area contributed by atoms with Gasteiger partial charge in [-0.3, -0.25) is 4.90 Å². The molecule has 2 aliphatic rings. The van der Waals surface area contributed by atoms with Crippen molar-refractivity contribution in [1.29, 1.82) is 0 Å². The molecular formula is C17H27N3O3. The van der Waals surface area contributed by atoms with Crippen molar-refractivity contribution in [3.05, 3.63) is 24.2 Å². The van der Waals surface area contributed by atoms with Gasteiger partial charge in [0.2, 0.25) is 0 Å². The van der Waals surface area contributed by atoms with Gasteiger partial charge in [0, 0.05) is 26.2 Å². The van der Waals surface area contributed by atoms with Crippen LogP contribution in [-0.2, 0) is 0 Å². The van der Waals surface area contributed by atoms with E-state index in [1.807, 2.05) is 17.0 Å². The van der Waals surface area contributed by atoms with E-state index in [2.05, 4.69) is 10.2 Å². The third-order valence-corrected chi connectivity index (χ3v) is 4.96. The SMILES string of the molecule is O=C(NCC(c1ccco1)N1CCCC1)N1CCCC(CO)C1. The van der Waals surface area contributed by atoms with Crippen LogP contribution in [0.3, 0.4) is 0 Å². The summed E-state index contributed by atoms with van der Waals surface area (Å²) in [5, 5.41) is 12.4. The molecule has 6 heteroatoms. The lowest BCUT2D eigenvalue weighted by molar-refractivity contribution is 0.126. The molecule has 128 valence electrons. The number of aliphatic hydroxyl groups excluding tert-OH is 1. The molecule has 0 radical (unpaired) electrons. The summed E-state index contributed by atoms with van der Waals surface area (Å²) >= 11 is 0. The van der Waals surface area contributed by atoms with Crippen LogP contribution in [0.4, 0.5) is 4.79 Å². The molecule has 3 heterocycles. The monoisotopic (exact) mass is 321 g/mol. The molecule has 2 amide bonds. The van der Waals surface area contributed by atoms with Crippen molar-refractivity contribution in [3.8, 4) is 0 Å². The first-order valence-electron chi connectivity index (χ1n) is 8.69. The highest BCUT2D eigenvalue weighted by Gasteiger charge is 2.28. The highest BCUT2D eigenvalue weighted by atomic mass is 16.3. The van der Waals surface area contributed by atoms with Gasteiger partial charge >= 0.3 is 6.03 Å². The molecule has 2 fully saturated rings. The lowest BCUT2D eigenvalue weighted by atomic mass is 9.99. The van der Waals surface area contributed by atoms with E-state index in [9.17, 15) is 9.90 Å². The number of hydrogen-bond acceptors (Lipinski definition) is 4. The number of hydrogen-bond donors (Lipinski definition) is 2. The van der Waals surface area contributed by atoms with Gasteiger partial charge in [-0.15, -0.1) is 0 Å². The highest BCUT2D eigenvalue weighted by Crippen LogP contribution is 2.25. The van der Waals surface area contributed by atoms with Crippen molar-refractivity contribution in [2.45, 2.75) is 31.7 Å². The van der Waals surface area contributed by atoms with Crippen LogP contribution in [0.15, 0.2) is 22.8 Å². The molecule has 2 unspecified atom stereocenters. The van der Waals surface area contributed by atoms with Crippen LogP contribution < -0.4 is 5.32 Å². The summed E-state index contributed by atoms with van der Waals surface area (Å²) < 4.78 is 5.58. The molecule has 0 aliphatic carbocycles. The molecule has 0 spiro atoms. The normalized spacial score (nSPS) is 23.9. The zero-order valence-electron chi connectivity index (χ0n) is 13.6. The van der Waals surface area contributed by atoms with E-state index >= 15 is 0 Å². The van der Waals surface area contributed by atoms with Crippen LogP contribution in [0.25, 0.3) is 0 Å². The Kier molecular flexibility index (Phi) is 5.56. The number of rotatable bonds is 5. The standard InChI is InChI=1S/C17H27N3O3/c21-13-14-5-3-9-20(12-14)17(22)18-11-15(16-6-4-10-23-16)19-7-1-2-8-19/h4,6,10,14-15,21H,1-3,5,7-9,11-13H2,(H,18,22). The number of furan rings is 1. The minimum absolute atomic E-state index is 0.0288. The second-order valence-electron chi connectivity index (χ2n) is 6.60. The van der Waals surface area contributed by atoms with Gasteiger partial charge in [-0.05, 0) is 56.8 Å². The fraction of sp³-hybridized carbons (Fsp3) is 0.706. The van der Waals surface area contributed by atoms with Crippen LogP contribution in [0.1, 0.15) is 37.5 Å². The summed E-state index contributed by atoms with van der Waals surface area (Å²) in [5.41, 5.74) is 0. The first-order valence-corrected chi connectivity index (χ1v) is 8.69. The maximum atomic E-state index is 12.4. The van der Waals surface area contributed by atoms with Gasteiger partial charge in [0.15, 0.2) is 0 Å². The summed E-state index contributed by atoms with van der Waals surface area (Å²) in [6.07, 6.45) is 6.07. The summed E-state index contributed by atoms with van der Waals surface area (Å²) in [6, 6.07) is 3.96. The molecule has 1 aromatic heterocycles. The molecule has 1 aromatic rings. The van der Waals surface area contributed by atoms with Gasteiger partial charge in [-0.1, -0.05) is 0 Å². The number of aliphatic hydroxyl groups is 1. The predicted molar refractivity (Wildman–Crippen MR) is 87.0 cm³/mol. The van der Waals surface area contributed by atoms with Crippen LogP contribution >= 0.6 is 0 Å². The topological polar surface area (TPSA) is 69.0 Å². The fourth-order valence-corrected chi connectivity index (χ4v) is 3.64. The van der Waals surface area contributed by atoms with E-state index in [1.54, 1.807) is 6.26 Å². The Labute approximate surface area is 137 Å². The van der Waals surface area contributed by atoms with Crippen molar-refractivity contribution in [3.63, 3.8) is 0 Å². The van der Waals surface area contributed by atoms with Crippen molar-refractivity contribution < 1.29 is 14.3 Å². The Morgan fingerprint density at radius 3 is 2.87 bits per heavy atom. The van der Waals surface area contributed by atoms with Crippen molar-refractivity contribution >= 4 is 6.03 Å². The highest BCUT2D eigenvalue weighted by molar-refractivity contribution is 5.74. The number of carbonyl (C=O) groups excluding carboxylic acids is 1. The average molecular weight is 321 g/mol. The van der Waals surface area contributed by atoms with Crippen LogP contribution in [0.2, 0.25) is 0 Å². The van der Waals surface area contributed by atoms with Crippen molar-refractivity contribution in [2.24, 2.45) is 5.92 Å². The van der Waals surface area contributed by atoms with Gasteiger partial charge in [-0.25, -0.2) is 4.79 Å². The number of likely N-dealkylation sites (tertiary alicyclic amines) is 2. The first-order chi connectivity index (χ1) is 11.3. The number of urea groups is 1. The number of nitrogens with zero attached hydrogens (tertiary/aromatic N) is 2. The Bertz CT molecular complexity index is 485. The molecule has 2 N–H and O–H groups in total. The summed E-state index contributed by atoms with van der Waals surface area (Å²) in [7, 11) is 0. The van der Waals surface area contributed by atoms with E-state index in [4.69, 9.17) is 4.42 Å². The minimum Gasteiger partial charge on any atom is -0.468 e. The Hall–Kier alpha value is -1.53. The van der Waals surface area contributed by atoms with Gasteiger partial charge in [0.25, 0.3) is 0 Å². The molecule has 2 aliphatic heterocycles. The Balaban J connectivity index is 1.56. The molecule has 0 bridgehead atoms. The maximum Gasteiger partial charge on any atom is 0.317 e. The quantitative estimate of drug-likeness (QED) is 0.868. The first kappa shape index (κ1) is 16.3. The molecule has 0 saturated carbocycles. The molecule has 6 nitrogen and oxygen atoms in total. The third-order valence-electron chi connectivity index (χ3n) is 4.96. The van der Waals surface area contributed by atoms with Crippen LogP contribution in [-0.4, -0.2) is 60.3 Å². The van der Waals surface area contributed by atoms with Gasteiger partial charge in [-0.2, -0.15) is 0 Å². The van der Waals surface area contributed by atoms with E-state index in [1.165, 1.54) is 12.8 Å².